The number of nitrogens with zero attached hydrogens (tertiary/aromatic N) is 4. The van der Waals surface area contributed by atoms with Crippen LogP contribution in [0.1, 0.15) is 30.7 Å². The highest BCUT2D eigenvalue weighted by Crippen LogP contribution is 2.17. The Balaban J connectivity index is 1.36. The molecular formula is C17H23N5O. The van der Waals surface area contributed by atoms with Crippen LogP contribution in [-0.4, -0.2) is 51.8 Å². The third kappa shape index (κ3) is 4.63. The van der Waals surface area contributed by atoms with E-state index in [1.165, 1.54) is 11.1 Å². The van der Waals surface area contributed by atoms with Crippen LogP contribution in [0.3, 0.4) is 0 Å². The average molecular weight is 313 g/mol. The van der Waals surface area contributed by atoms with Gasteiger partial charge in [-0.2, -0.15) is 5.21 Å². The van der Waals surface area contributed by atoms with Crippen LogP contribution >= 0.6 is 0 Å². The quantitative estimate of drug-likeness (QED) is 0.795. The topological polar surface area (TPSA) is 66.9 Å². The van der Waals surface area contributed by atoms with Crippen molar-refractivity contribution in [2.24, 2.45) is 0 Å². The maximum absolute atomic E-state index is 5.79. The molecule has 0 bridgehead atoms. The van der Waals surface area contributed by atoms with E-state index < -0.39 is 0 Å². The molecule has 0 unspecified atom stereocenters. The Hall–Kier alpha value is -2.21. The minimum Gasteiger partial charge on any atom is -0.494 e. The summed E-state index contributed by atoms with van der Waals surface area (Å²) in [6, 6.07) is 8.20. The number of ether oxygens (including phenoxy) is 1. The molecular weight excluding hydrogens is 290 g/mol. The summed E-state index contributed by atoms with van der Waals surface area (Å²) >= 11 is 0. The van der Waals surface area contributed by atoms with E-state index in [0.29, 0.717) is 0 Å². The SMILES string of the molecule is Cc1cccc(OCCCCN2CCC=C(c3nn[nH]n3)C2)c1. The summed E-state index contributed by atoms with van der Waals surface area (Å²) in [5.41, 5.74) is 2.40. The fraction of sp³-hybridized carbons (Fsp3) is 0.471. The van der Waals surface area contributed by atoms with E-state index in [2.05, 4.69) is 50.7 Å². The van der Waals surface area contributed by atoms with Gasteiger partial charge in [0.25, 0.3) is 0 Å². The molecule has 122 valence electrons. The van der Waals surface area contributed by atoms with Crippen molar-refractivity contribution in [1.29, 1.82) is 0 Å². The zero-order chi connectivity index (χ0) is 15.9. The highest BCUT2D eigenvalue weighted by Gasteiger charge is 2.16. The third-order valence-electron chi connectivity index (χ3n) is 3.99. The number of nitrogens with one attached hydrogen (secondary N) is 1. The molecule has 23 heavy (non-hydrogen) atoms. The summed E-state index contributed by atoms with van der Waals surface area (Å²) in [5.74, 6) is 1.68. The number of aryl methyl sites for hydroxylation is 1. The fourth-order valence-electron chi connectivity index (χ4n) is 2.79. The number of tetrazole rings is 1. The summed E-state index contributed by atoms with van der Waals surface area (Å²) in [6.07, 6.45) is 5.45. The van der Waals surface area contributed by atoms with Gasteiger partial charge in [0.05, 0.1) is 6.61 Å². The van der Waals surface area contributed by atoms with E-state index in [1.807, 2.05) is 12.1 Å². The molecule has 2 aromatic rings. The van der Waals surface area contributed by atoms with Gasteiger partial charge in [-0.1, -0.05) is 18.2 Å². The van der Waals surface area contributed by atoms with Crippen LogP contribution in [0.2, 0.25) is 0 Å². The molecule has 0 aliphatic carbocycles. The molecule has 2 heterocycles. The Labute approximate surface area is 136 Å². The molecule has 6 nitrogen and oxygen atoms in total. The zero-order valence-corrected chi connectivity index (χ0v) is 13.5. The van der Waals surface area contributed by atoms with E-state index in [1.54, 1.807) is 0 Å². The number of H-pyrrole nitrogens is 1. The lowest BCUT2D eigenvalue weighted by Gasteiger charge is -2.25. The van der Waals surface area contributed by atoms with Gasteiger partial charge in [0, 0.05) is 18.7 Å². The Morgan fingerprint density at radius 2 is 2.26 bits per heavy atom. The Morgan fingerprint density at radius 3 is 3.09 bits per heavy atom. The van der Waals surface area contributed by atoms with Crippen molar-refractivity contribution in [2.75, 3.05) is 26.2 Å². The normalized spacial score (nSPS) is 15.4. The monoisotopic (exact) mass is 313 g/mol. The molecule has 1 aromatic carbocycles. The number of unbranched alkanes of at least 4 members (excludes halogenated alkanes) is 1. The van der Waals surface area contributed by atoms with Crippen LogP contribution in [-0.2, 0) is 0 Å². The molecule has 1 aliphatic rings. The number of aromatic amines is 1. The first kappa shape index (κ1) is 15.7. The molecule has 1 aliphatic heterocycles. The lowest BCUT2D eigenvalue weighted by molar-refractivity contribution is 0.266. The maximum atomic E-state index is 5.79. The lowest BCUT2D eigenvalue weighted by atomic mass is 10.1. The van der Waals surface area contributed by atoms with Crippen molar-refractivity contribution in [3.8, 4) is 5.75 Å². The summed E-state index contributed by atoms with van der Waals surface area (Å²) in [4.78, 5) is 2.44. The van der Waals surface area contributed by atoms with Crippen LogP contribution in [0.5, 0.6) is 5.75 Å². The van der Waals surface area contributed by atoms with Crippen LogP contribution in [0.15, 0.2) is 30.3 Å². The summed E-state index contributed by atoms with van der Waals surface area (Å²) in [6.45, 7) is 5.92. The molecule has 0 atom stereocenters. The predicted molar refractivity (Wildman–Crippen MR) is 89.1 cm³/mol. The first-order chi connectivity index (χ1) is 11.3. The molecule has 0 amide bonds. The van der Waals surface area contributed by atoms with Crippen molar-refractivity contribution in [3.05, 3.63) is 41.7 Å². The molecule has 1 N–H and O–H groups in total. The number of aromatic nitrogens is 4. The van der Waals surface area contributed by atoms with Crippen molar-refractivity contribution in [1.82, 2.24) is 25.5 Å². The number of hydrogen-bond donors (Lipinski definition) is 1. The summed E-state index contributed by atoms with van der Waals surface area (Å²) in [7, 11) is 0. The largest absolute Gasteiger partial charge is 0.494 e. The molecule has 1 aromatic heterocycles. The Bertz CT molecular complexity index is 638. The number of rotatable bonds is 7. The minimum absolute atomic E-state index is 0.720. The molecule has 0 saturated heterocycles. The highest BCUT2D eigenvalue weighted by molar-refractivity contribution is 5.61. The summed E-state index contributed by atoms with van der Waals surface area (Å²) in [5, 5.41) is 14.3. The van der Waals surface area contributed by atoms with Crippen LogP contribution in [0.4, 0.5) is 0 Å². The second-order valence-electron chi connectivity index (χ2n) is 5.90. The molecule has 0 saturated carbocycles. The van der Waals surface area contributed by atoms with E-state index in [4.69, 9.17) is 4.74 Å². The van der Waals surface area contributed by atoms with Gasteiger partial charge in [0.2, 0.25) is 5.82 Å². The second kappa shape index (κ2) is 7.87. The van der Waals surface area contributed by atoms with Crippen molar-refractivity contribution >= 4 is 5.57 Å². The van der Waals surface area contributed by atoms with Crippen LogP contribution < -0.4 is 4.74 Å². The molecule has 6 heteroatoms. The lowest BCUT2D eigenvalue weighted by Crippen LogP contribution is -2.30. The Kier molecular flexibility index (Phi) is 5.37. The van der Waals surface area contributed by atoms with Gasteiger partial charge in [0.15, 0.2) is 0 Å². The Morgan fingerprint density at radius 1 is 1.30 bits per heavy atom. The van der Waals surface area contributed by atoms with Crippen LogP contribution in [0, 0.1) is 6.92 Å². The predicted octanol–water partition coefficient (Wildman–Crippen LogP) is 2.46. The fourth-order valence-corrected chi connectivity index (χ4v) is 2.79. The van der Waals surface area contributed by atoms with Gasteiger partial charge >= 0.3 is 0 Å². The van der Waals surface area contributed by atoms with Gasteiger partial charge in [-0.15, -0.1) is 10.2 Å². The van der Waals surface area contributed by atoms with E-state index >= 15 is 0 Å². The molecule has 0 spiro atoms. The first-order valence-corrected chi connectivity index (χ1v) is 8.16. The van der Waals surface area contributed by atoms with Gasteiger partial charge < -0.3 is 4.74 Å². The van der Waals surface area contributed by atoms with Gasteiger partial charge in [0.1, 0.15) is 5.75 Å². The van der Waals surface area contributed by atoms with Crippen molar-refractivity contribution in [2.45, 2.75) is 26.2 Å². The maximum Gasteiger partial charge on any atom is 0.201 e. The van der Waals surface area contributed by atoms with Crippen molar-refractivity contribution in [3.63, 3.8) is 0 Å². The molecule has 3 rings (SSSR count). The third-order valence-corrected chi connectivity index (χ3v) is 3.99. The van der Waals surface area contributed by atoms with Gasteiger partial charge in [-0.3, -0.25) is 4.90 Å². The molecule has 0 fully saturated rings. The van der Waals surface area contributed by atoms with E-state index in [0.717, 1.165) is 57.1 Å². The number of benzene rings is 1. The minimum atomic E-state index is 0.720. The van der Waals surface area contributed by atoms with Gasteiger partial charge in [-0.05, 0) is 55.6 Å². The van der Waals surface area contributed by atoms with Crippen molar-refractivity contribution < 1.29 is 4.74 Å². The zero-order valence-electron chi connectivity index (χ0n) is 13.5. The number of hydrogen-bond acceptors (Lipinski definition) is 5. The second-order valence-corrected chi connectivity index (χ2v) is 5.90. The average Bonchev–Trinajstić information content (AvgIpc) is 3.09. The molecule has 0 radical (unpaired) electrons. The highest BCUT2D eigenvalue weighted by atomic mass is 16.5. The first-order valence-electron chi connectivity index (χ1n) is 8.16. The van der Waals surface area contributed by atoms with E-state index in [9.17, 15) is 0 Å². The standard InChI is InChI=1S/C17H23N5O/c1-14-6-4-8-16(12-14)23-11-3-2-9-22-10-5-7-15(13-22)17-18-20-21-19-17/h4,6-8,12H,2-3,5,9-11,13H2,1H3,(H,18,19,20,21). The summed E-state index contributed by atoms with van der Waals surface area (Å²) < 4.78 is 5.79. The van der Waals surface area contributed by atoms with Crippen LogP contribution in [0.25, 0.3) is 5.57 Å². The smallest absolute Gasteiger partial charge is 0.201 e. The van der Waals surface area contributed by atoms with Gasteiger partial charge in [-0.25, -0.2) is 0 Å². The van der Waals surface area contributed by atoms with E-state index in [-0.39, 0.29) is 0 Å².